The van der Waals surface area contributed by atoms with Crippen molar-refractivity contribution in [2.24, 2.45) is 0 Å². The van der Waals surface area contributed by atoms with Crippen molar-refractivity contribution in [3.05, 3.63) is 48.0 Å². The van der Waals surface area contributed by atoms with Crippen molar-refractivity contribution >= 4 is 23.8 Å². The molecule has 0 aliphatic carbocycles. The monoisotopic (exact) mass is 421 g/mol. The molecule has 0 heterocycles. The first-order valence-electron chi connectivity index (χ1n) is 9.22. The third-order valence-corrected chi connectivity index (χ3v) is 11.7. The summed E-state index contributed by atoms with van der Waals surface area (Å²) in [6.07, 6.45) is 0. The molecule has 0 aliphatic heterocycles. The zero-order valence-corrected chi connectivity index (χ0v) is 19.6. The van der Waals surface area contributed by atoms with E-state index in [2.05, 4.69) is 38.8 Å². The van der Waals surface area contributed by atoms with E-state index in [1.54, 1.807) is 50.6 Å². The fraction of sp³-hybridized carbons (Fsp3) is 0.429. The van der Waals surface area contributed by atoms with Gasteiger partial charge in [0, 0.05) is 11.6 Å². The van der Waals surface area contributed by atoms with Gasteiger partial charge < -0.3 is 14.5 Å². The van der Waals surface area contributed by atoms with Crippen molar-refractivity contribution in [2.75, 3.05) is 19.2 Å². The maximum absolute atomic E-state index is 12.9. The summed E-state index contributed by atoms with van der Waals surface area (Å²) in [5.74, 6) is 0.981. The lowest BCUT2D eigenvalue weighted by molar-refractivity contribution is 0.401. The lowest BCUT2D eigenvalue weighted by Gasteiger charge is -2.38. The van der Waals surface area contributed by atoms with Gasteiger partial charge in [0.05, 0.1) is 30.6 Å². The molecule has 0 saturated heterocycles. The van der Waals surface area contributed by atoms with E-state index in [-0.39, 0.29) is 10.8 Å². The number of nitrogens with one attached hydrogen (secondary N) is 1. The SMILES string of the molecule is COc1cc(CS(=O)(=O)c2ccccc2)c(OC)c(N[Si](C)(C)C(C)(C)C)c1. The molecular formula is C21H31NO4SSi. The van der Waals surface area contributed by atoms with Gasteiger partial charge in [-0.15, -0.1) is 0 Å². The highest BCUT2D eigenvalue weighted by Crippen LogP contribution is 2.41. The molecule has 0 spiro atoms. The molecular weight excluding hydrogens is 390 g/mol. The Bertz CT molecular complexity index is 919. The van der Waals surface area contributed by atoms with Crippen LogP contribution in [0.2, 0.25) is 18.1 Å². The first-order chi connectivity index (χ1) is 12.9. The number of benzene rings is 2. The summed E-state index contributed by atoms with van der Waals surface area (Å²) in [4.78, 5) is 3.95. The Kier molecular flexibility index (Phi) is 6.50. The van der Waals surface area contributed by atoms with Gasteiger partial charge in [-0.3, -0.25) is 0 Å². The van der Waals surface area contributed by atoms with Gasteiger partial charge in [-0.05, 0) is 23.2 Å². The van der Waals surface area contributed by atoms with Gasteiger partial charge in [0.2, 0.25) is 0 Å². The summed E-state index contributed by atoms with van der Waals surface area (Å²) < 4.78 is 36.9. The van der Waals surface area contributed by atoms with E-state index >= 15 is 0 Å². The van der Waals surface area contributed by atoms with Gasteiger partial charge >= 0.3 is 0 Å². The average Bonchev–Trinajstić information content (AvgIpc) is 2.60. The second kappa shape index (κ2) is 8.17. The first-order valence-corrected chi connectivity index (χ1v) is 13.9. The number of anilines is 1. The van der Waals surface area contributed by atoms with Crippen LogP contribution < -0.4 is 14.5 Å². The van der Waals surface area contributed by atoms with Crippen molar-refractivity contribution in [1.29, 1.82) is 0 Å². The summed E-state index contributed by atoms with van der Waals surface area (Å²) in [5.41, 5.74) is 1.35. The molecule has 0 fully saturated rings. The fourth-order valence-electron chi connectivity index (χ4n) is 2.66. The van der Waals surface area contributed by atoms with Crippen LogP contribution in [0.4, 0.5) is 5.69 Å². The van der Waals surface area contributed by atoms with E-state index in [1.807, 2.05) is 6.07 Å². The predicted octanol–water partition coefficient (Wildman–Crippen LogP) is 5.09. The normalized spacial score (nSPS) is 12.5. The third-order valence-electron chi connectivity index (χ3n) is 5.35. The van der Waals surface area contributed by atoms with E-state index in [1.165, 1.54) is 0 Å². The zero-order chi connectivity index (χ0) is 21.2. The lowest BCUT2D eigenvalue weighted by Crippen LogP contribution is -2.45. The highest BCUT2D eigenvalue weighted by atomic mass is 32.2. The largest absolute Gasteiger partial charge is 0.497 e. The molecule has 0 aromatic heterocycles. The second-order valence-electron chi connectivity index (χ2n) is 8.44. The molecule has 2 aromatic carbocycles. The van der Waals surface area contributed by atoms with Gasteiger partial charge in [0.1, 0.15) is 11.5 Å². The third kappa shape index (κ3) is 4.88. The Morgan fingerprint density at radius 3 is 2.11 bits per heavy atom. The second-order valence-corrected chi connectivity index (χ2v) is 15.4. The van der Waals surface area contributed by atoms with Crippen molar-refractivity contribution < 1.29 is 17.9 Å². The molecule has 0 saturated carbocycles. The van der Waals surface area contributed by atoms with Crippen molar-refractivity contribution in [3.63, 3.8) is 0 Å². The number of hydrogen-bond acceptors (Lipinski definition) is 5. The van der Waals surface area contributed by atoms with Crippen LogP contribution in [-0.4, -0.2) is 30.9 Å². The maximum Gasteiger partial charge on any atom is 0.182 e. The summed E-state index contributed by atoms with van der Waals surface area (Å²) >= 11 is 0. The average molecular weight is 422 g/mol. The molecule has 154 valence electrons. The van der Waals surface area contributed by atoms with E-state index in [9.17, 15) is 8.42 Å². The minimum atomic E-state index is -3.51. The van der Waals surface area contributed by atoms with Gasteiger partial charge in [0.15, 0.2) is 18.1 Å². The summed E-state index contributed by atoms with van der Waals surface area (Å²) in [6.45, 7) is 11.1. The smallest absolute Gasteiger partial charge is 0.182 e. The van der Waals surface area contributed by atoms with Crippen molar-refractivity contribution in [1.82, 2.24) is 0 Å². The van der Waals surface area contributed by atoms with Crippen LogP contribution in [0.25, 0.3) is 0 Å². The molecule has 0 amide bonds. The molecule has 2 rings (SSSR count). The minimum absolute atomic E-state index is 0.0946. The highest BCUT2D eigenvalue weighted by molar-refractivity contribution is 7.90. The summed E-state index contributed by atoms with van der Waals surface area (Å²) in [7, 11) is -2.28. The molecule has 5 nitrogen and oxygen atoms in total. The minimum Gasteiger partial charge on any atom is -0.497 e. The molecule has 0 atom stereocenters. The first kappa shape index (κ1) is 22.3. The number of methoxy groups -OCH3 is 2. The summed E-state index contributed by atoms with van der Waals surface area (Å²) in [5, 5.41) is 0.0946. The number of ether oxygens (including phenoxy) is 2. The van der Waals surface area contributed by atoms with Crippen LogP contribution in [0.1, 0.15) is 26.3 Å². The molecule has 0 radical (unpaired) electrons. The zero-order valence-electron chi connectivity index (χ0n) is 17.8. The van der Waals surface area contributed by atoms with E-state index in [4.69, 9.17) is 9.47 Å². The number of hydrogen-bond donors (Lipinski definition) is 1. The molecule has 0 aliphatic rings. The van der Waals surface area contributed by atoms with Crippen LogP contribution in [0, 0.1) is 0 Å². The molecule has 0 bridgehead atoms. The molecule has 28 heavy (non-hydrogen) atoms. The lowest BCUT2D eigenvalue weighted by atomic mass is 10.2. The summed E-state index contributed by atoms with van der Waals surface area (Å²) in [6, 6.07) is 12.1. The maximum atomic E-state index is 12.9. The van der Waals surface area contributed by atoms with Crippen LogP contribution in [0.5, 0.6) is 11.5 Å². The van der Waals surface area contributed by atoms with Crippen LogP contribution in [0.15, 0.2) is 47.4 Å². The van der Waals surface area contributed by atoms with E-state index in [0.717, 1.165) is 5.69 Å². The van der Waals surface area contributed by atoms with Crippen LogP contribution in [0.3, 0.4) is 0 Å². The van der Waals surface area contributed by atoms with Gasteiger partial charge in [-0.1, -0.05) is 52.1 Å². The molecule has 7 heteroatoms. The number of sulfone groups is 1. The van der Waals surface area contributed by atoms with E-state index in [0.29, 0.717) is 22.0 Å². The van der Waals surface area contributed by atoms with Gasteiger partial charge in [-0.25, -0.2) is 8.42 Å². The Morgan fingerprint density at radius 1 is 1.00 bits per heavy atom. The quantitative estimate of drug-likeness (QED) is 0.631. The molecule has 2 aromatic rings. The van der Waals surface area contributed by atoms with Crippen LogP contribution >= 0.6 is 0 Å². The molecule has 1 N–H and O–H groups in total. The Morgan fingerprint density at radius 2 is 1.61 bits per heavy atom. The Balaban J connectivity index is 2.53. The topological polar surface area (TPSA) is 64.6 Å². The van der Waals surface area contributed by atoms with Crippen molar-refractivity contribution in [2.45, 2.75) is 49.6 Å². The van der Waals surface area contributed by atoms with Gasteiger partial charge in [-0.2, -0.15) is 0 Å². The molecule has 0 unspecified atom stereocenters. The highest BCUT2D eigenvalue weighted by Gasteiger charge is 2.36. The number of rotatable bonds is 7. The predicted molar refractivity (Wildman–Crippen MR) is 118 cm³/mol. The Hall–Kier alpha value is -1.99. The van der Waals surface area contributed by atoms with Crippen LogP contribution in [-0.2, 0) is 15.6 Å². The van der Waals surface area contributed by atoms with Gasteiger partial charge in [0.25, 0.3) is 0 Å². The standard InChI is InChI=1S/C21H31NO4SSi/c1-21(2,3)28(6,7)22-19-14-17(25-4)13-16(20(19)26-5)15-27(23,24)18-11-9-8-10-12-18/h8-14,22H,15H2,1-7H3. The fourth-order valence-corrected chi connectivity index (χ4v) is 5.26. The van der Waals surface area contributed by atoms with Crippen molar-refractivity contribution in [3.8, 4) is 11.5 Å². The Labute approximate surface area is 170 Å². The van der Waals surface area contributed by atoms with E-state index < -0.39 is 18.1 Å².